The zero-order chi connectivity index (χ0) is 11.1. The number of hydrogen-bond acceptors (Lipinski definition) is 2. The minimum atomic E-state index is -1.68. The van der Waals surface area contributed by atoms with Crippen LogP contribution in [0.2, 0.25) is 0 Å². The van der Waals surface area contributed by atoms with Crippen LogP contribution in [-0.2, 0) is 16.8 Å². The number of carboxylic acids is 1. The van der Waals surface area contributed by atoms with Crippen molar-refractivity contribution in [1.82, 2.24) is 0 Å². The van der Waals surface area contributed by atoms with Crippen LogP contribution in [0.1, 0.15) is 29.5 Å². The van der Waals surface area contributed by atoms with Gasteiger partial charge in [-0.3, -0.25) is 0 Å². The highest BCUT2D eigenvalue weighted by atomic mass is 16.4. The second-order valence-corrected chi connectivity index (χ2v) is 4.18. The van der Waals surface area contributed by atoms with E-state index >= 15 is 0 Å². The topological polar surface area (TPSA) is 57.5 Å². The molecule has 15 heavy (non-hydrogen) atoms. The van der Waals surface area contributed by atoms with Crippen molar-refractivity contribution in [1.29, 1.82) is 0 Å². The van der Waals surface area contributed by atoms with Crippen molar-refractivity contribution in [3.8, 4) is 0 Å². The molecule has 1 aromatic carbocycles. The van der Waals surface area contributed by atoms with Gasteiger partial charge in [0.2, 0.25) is 0 Å². The molecule has 0 amide bonds. The van der Waals surface area contributed by atoms with E-state index in [0.29, 0.717) is 12.0 Å². The van der Waals surface area contributed by atoms with Crippen molar-refractivity contribution in [3.05, 3.63) is 34.9 Å². The molecule has 1 unspecified atom stereocenters. The molecule has 1 aliphatic rings. The van der Waals surface area contributed by atoms with Gasteiger partial charge in [-0.25, -0.2) is 4.79 Å². The summed E-state index contributed by atoms with van der Waals surface area (Å²) in [6.45, 7) is 1.97. The van der Waals surface area contributed by atoms with E-state index in [9.17, 15) is 9.90 Å². The zero-order valence-corrected chi connectivity index (χ0v) is 8.66. The fourth-order valence-electron chi connectivity index (χ4n) is 2.22. The average Bonchev–Trinajstić information content (AvgIpc) is 2.17. The molecule has 0 aromatic heterocycles. The number of aryl methyl sites for hydroxylation is 2. The minimum Gasteiger partial charge on any atom is -0.479 e. The second-order valence-electron chi connectivity index (χ2n) is 4.18. The smallest absolute Gasteiger partial charge is 0.340 e. The largest absolute Gasteiger partial charge is 0.479 e. The fourth-order valence-corrected chi connectivity index (χ4v) is 2.22. The van der Waals surface area contributed by atoms with E-state index in [-0.39, 0.29) is 0 Å². The Kier molecular flexibility index (Phi) is 2.27. The molecule has 0 aliphatic heterocycles. The molecule has 0 spiro atoms. The Bertz CT molecular complexity index is 411. The van der Waals surface area contributed by atoms with Crippen molar-refractivity contribution in [3.63, 3.8) is 0 Å². The van der Waals surface area contributed by atoms with Gasteiger partial charge >= 0.3 is 5.97 Å². The maximum absolute atomic E-state index is 11.1. The molecule has 1 aromatic rings. The molecule has 3 heteroatoms. The molecule has 3 nitrogen and oxygen atoms in total. The monoisotopic (exact) mass is 206 g/mol. The molecule has 1 aliphatic carbocycles. The van der Waals surface area contributed by atoms with E-state index in [4.69, 9.17) is 5.11 Å². The Balaban J connectivity index is 2.56. The van der Waals surface area contributed by atoms with Gasteiger partial charge in [0.25, 0.3) is 0 Å². The van der Waals surface area contributed by atoms with Crippen LogP contribution < -0.4 is 0 Å². The Morgan fingerprint density at radius 3 is 2.87 bits per heavy atom. The van der Waals surface area contributed by atoms with Crippen LogP contribution in [0.5, 0.6) is 0 Å². The summed E-state index contributed by atoms with van der Waals surface area (Å²) in [7, 11) is 0. The number of aliphatic carboxylic acids is 1. The normalized spacial score (nSPS) is 24.7. The predicted octanol–water partition coefficient (Wildman–Crippen LogP) is 1.60. The molecule has 1 atom stereocenters. The van der Waals surface area contributed by atoms with Crippen molar-refractivity contribution >= 4 is 5.97 Å². The fraction of sp³-hybridized carbons (Fsp3) is 0.417. The van der Waals surface area contributed by atoms with Crippen LogP contribution in [0.4, 0.5) is 0 Å². The average molecular weight is 206 g/mol. The molecular formula is C12H14O3. The lowest BCUT2D eigenvalue weighted by atomic mass is 9.78. The summed E-state index contributed by atoms with van der Waals surface area (Å²) in [4.78, 5) is 11.1. The molecule has 0 fully saturated rings. The zero-order valence-electron chi connectivity index (χ0n) is 8.66. The molecule has 80 valence electrons. The third-order valence-corrected chi connectivity index (χ3v) is 3.04. The molecular weight excluding hydrogens is 192 g/mol. The van der Waals surface area contributed by atoms with Gasteiger partial charge in [-0.2, -0.15) is 0 Å². The number of carboxylic acid groups (broad SMARTS) is 1. The molecule has 0 saturated carbocycles. The molecule has 2 rings (SSSR count). The predicted molar refractivity (Wildman–Crippen MR) is 55.6 cm³/mol. The summed E-state index contributed by atoms with van der Waals surface area (Å²) in [5.41, 5.74) is 0.947. The Morgan fingerprint density at radius 2 is 2.20 bits per heavy atom. The third-order valence-electron chi connectivity index (χ3n) is 3.04. The highest BCUT2D eigenvalue weighted by Crippen LogP contribution is 2.35. The van der Waals surface area contributed by atoms with Crippen LogP contribution >= 0.6 is 0 Å². The highest BCUT2D eigenvalue weighted by Gasteiger charge is 2.41. The van der Waals surface area contributed by atoms with Crippen molar-refractivity contribution in [2.24, 2.45) is 0 Å². The van der Waals surface area contributed by atoms with E-state index in [2.05, 4.69) is 0 Å². The summed E-state index contributed by atoms with van der Waals surface area (Å²) in [6.07, 6.45) is 1.88. The Hall–Kier alpha value is -1.35. The lowest BCUT2D eigenvalue weighted by Crippen LogP contribution is -2.38. The summed E-state index contributed by atoms with van der Waals surface area (Å²) in [5, 5.41) is 19.2. The van der Waals surface area contributed by atoms with E-state index in [1.54, 1.807) is 6.07 Å². The molecule has 0 bridgehead atoms. The number of benzene rings is 1. The van der Waals surface area contributed by atoms with Crippen LogP contribution in [0.3, 0.4) is 0 Å². The van der Waals surface area contributed by atoms with Crippen LogP contribution in [0.25, 0.3) is 0 Å². The Morgan fingerprint density at radius 1 is 1.47 bits per heavy atom. The number of aliphatic hydroxyl groups is 1. The summed E-state index contributed by atoms with van der Waals surface area (Å²) in [6, 6.07) is 5.54. The van der Waals surface area contributed by atoms with Gasteiger partial charge in [0, 0.05) is 0 Å². The number of fused-ring (bicyclic) bond motifs is 1. The van der Waals surface area contributed by atoms with Gasteiger partial charge in [-0.15, -0.1) is 0 Å². The van der Waals surface area contributed by atoms with E-state index in [0.717, 1.165) is 24.0 Å². The van der Waals surface area contributed by atoms with Crippen molar-refractivity contribution in [2.45, 2.75) is 31.8 Å². The minimum absolute atomic E-state index is 0.304. The van der Waals surface area contributed by atoms with Crippen molar-refractivity contribution in [2.75, 3.05) is 0 Å². The van der Waals surface area contributed by atoms with Gasteiger partial charge in [0.1, 0.15) is 0 Å². The standard InChI is InChI=1S/C12H14O3/c1-8-4-5-10-9(7-8)3-2-6-12(10,15)11(13)14/h4-5,7,15H,2-3,6H2,1H3,(H,13,14). The van der Waals surface area contributed by atoms with E-state index < -0.39 is 11.6 Å². The maximum atomic E-state index is 11.1. The van der Waals surface area contributed by atoms with Crippen LogP contribution in [0.15, 0.2) is 18.2 Å². The van der Waals surface area contributed by atoms with Crippen molar-refractivity contribution < 1.29 is 15.0 Å². The highest BCUT2D eigenvalue weighted by molar-refractivity contribution is 5.80. The molecule has 0 heterocycles. The second kappa shape index (κ2) is 3.35. The third kappa shape index (κ3) is 1.53. The quantitative estimate of drug-likeness (QED) is 0.733. The van der Waals surface area contributed by atoms with Crippen LogP contribution in [-0.4, -0.2) is 16.2 Å². The van der Waals surface area contributed by atoms with Gasteiger partial charge in [-0.05, 0) is 37.3 Å². The lowest BCUT2D eigenvalue weighted by Gasteiger charge is -2.30. The lowest BCUT2D eigenvalue weighted by molar-refractivity contribution is -0.161. The van der Waals surface area contributed by atoms with Gasteiger partial charge < -0.3 is 10.2 Å². The van der Waals surface area contributed by atoms with Gasteiger partial charge in [-0.1, -0.05) is 23.8 Å². The SMILES string of the molecule is Cc1ccc2c(c1)CCCC2(O)C(=O)O. The summed E-state index contributed by atoms with van der Waals surface area (Å²) < 4.78 is 0. The molecule has 0 saturated heterocycles. The first-order chi connectivity index (χ1) is 7.04. The first-order valence-electron chi connectivity index (χ1n) is 5.10. The maximum Gasteiger partial charge on any atom is 0.340 e. The summed E-state index contributed by atoms with van der Waals surface area (Å²) in [5.74, 6) is -1.15. The first kappa shape index (κ1) is 10.2. The Labute approximate surface area is 88.4 Å². The first-order valence-corrected chi connectivity index (χ1v) is 5.10. The van der Waals surface area contributed by atoms with E-state index in [1.807, 2.05) is 19.1 Å². The van der Waals surface area contributed by atoms with E-state index in [1.165, 1.54) is 0 Å². The summed E-state index contributed by atoms with van der Waals surface area (Å²) >= 11 is 0. The van der Waals surface area contributed by atoms with Crippen LogP contribution in [0, 0.1) is 6.92 Å². The van der Waals surface area contributed by atoms with Gasteiger partial charge in [0.05, 0.1) is 0 Å². The number of rotatable bonds is 1. The number of hydrogen-bond donors (Lipinski definition) is 2. The number of carbonyl (C=O) groups is 1. The van der Waals surface area contributed by atoms with Gasteiger partial charge in [0.15, 0.2) is 5.60 Å². The molecule has 0 radical (unpaired) electrons. The molecule has 2 N–H and O–H groups in total.